The first-order chi connectivity index (χ1) is 22.1. The number of likely N-dealkylation sites (N-methyl/N-ethyl adjacent to an activating group) is 1. The van der Waals surface area contributed by atoms with Crippen molar-refractivity contribution in [3.8, 4) is 0 Å². The average Bonchev–Trinajstić information content (AvgIpc) is 3.00. The molecule has 14 nitrogen and oxygen atoms in total. The molecule has 272 valence electrons. The fourth-order valence-electron chi connectivity index (χ4n) is 4.97. The molecular formula is C34H58N6O8. The van der Waals surface area contributed by atoms with Gasteiger partial charge in [-0.1, -0.05) is 68.7 Å². The SMILES string of the molecule is C.CCC[C@H](NC(=O)[C@@H](NC(=O)c1ccc([N+](=O)[O-])cc1)[C@@H](C)CC)C(=O)N[C@@H](CC(C)C)[C@@H](O)CC(=O)N[C@H](C(=O)NCC)C(C)C. The molecule has 1 aromatic carbocycles. The number of aliphatic hydroxyl groups is 1. The van der Waals surface area contributed by atoms with Gasteiger partial charge in [0.05, 0.1) is 23.5 Å². The first kappa shape index (κ1) is 43.9. The summed E-state index contributed by atoms with van der Waals surface area (Å²) in [5.74, 6) is -3.04. The molecule has 5 amide bonds. The Hall–Kier alpha value is -4.07. The van der Waals surface area contributed by atoms with Crippen LogP contribution in [0.15, 0.2) is 24.3 Å². The summed E-state index contributed by atoms with van der Waals surface area (Å²) in [6.45, 7) is 15.1. The highest BCUT2D eigenvalue weighted by Crippen LogP contribution is 2.16. The summed E-state index contributed by atoms with van der Waals surface area (Å²) in [6.07, 6.45) is 0.0707. The van der Waals surface area contributed by atoms with Crippen LogP contribution in [0, 0.1) is 27.9 Å². The maximum Gasteiger partial charge on any atom is 0.269 e. The van der Waals surface area contributed by atoms with E-state index in [9.17, 15) is 39.2 Å². The van der Waals surface area contributed by atoms with Gasteiger partial charge in [-0.25, -0.2) is 0 Å². The second kappa shape index (κ2) is 21.7. The number of non-ortho nitro benzene ring substituents is 1. The molecule has 0 fully saturated rings. The highest BCUT2D eigenvalue weighted by Gasteiger charge is 2.33. The summed E-state index contributed by atoms with van der Waals surface area (Å²) >= 11 is 0. The third kappa shape index (κ3) is 14.4. The third-order valence-electron chi connectivity index (χ3n) is 7.86. The zero-order valence-corrected chi connectivity index (χ0v) is 28.9. The minimum atomic E-state index is -1.27. The number of amides is 5. The molecule has 0 radical (unpaired) electrons. The Morgan fingerprint density at radius 3 is 1.92 bits per heavy atom. The number of aliphatic hydroxyl groups excluding tert-OH is 1. The molecule has 0 unspecified atom stereocenters. The molecule has 0 spiro atoms. The van der Waals surface area contributed by atoms with Crippen LogP contribution >= 0.6 is 0 Å². The van der Waals surface area contributed by atoms with E-state index in [1.165, 1.54) is 24.3 Å². The number of nitro benzene ring substituents is 1. The zero-order valence-electron chi connectivity index (χ0n) is 28.9. The molecule has 0 heterocycles. The van der Waals surface area contributed by atoms with Gasteiger partial charge in [-0.3, -0.25) is 34.1 Å². The predicted octanol–water partition coefficient (Wildman–Crippen LogP) is 3.22. The van der Waals surface area contributed by atoms with Gasteiger partial charge in [-0.05, 0) is 49.7 Å². The summed E-state index contributed by atoms with van der Waals surface area (Å²) in [7, 11) is 0. The molecule has 1 aromatic rings. The van der Waals surface area contributed by atoms with Crippen LogP contribution in [-0.2, 0) is 19.2 Å². The molecular weight excluding hydrogens is 620 g/mol. The van der Waals surface area contributed by atoms with Crippen LogP contribution in [0.2, 0.25) is 0 Å². The highest BCUT2D eigenvalue weighted by atomic mass is 16.6. The van der Waals surface area contributed by atoms with Gasteiger partial charge in [-0.15, -0.1) is 0 Å². The Balaban J connectivity index is 0.0000221. The van der Waals surface area contributed by atoms with E-state index in [0.717, 1.165) is 0 Å². The van der Waals surface area contributed by atoms with Crippen LogP contribution in [0.25, 0.3) is 0 Å². The van der Waals surface area contributed by atoms with Crippen molar-refractivity contribution in [2.24, 2.45) is 17.8 Å². The van der Waals surface area contributed by atoms with Crippen molar-refractivity contribution < 1.29 is 34.0 Å². The van der Waals surface area contributed by atoms with Gasteiger partial charge < -0.3 is 31.7 Å². The molecule has 0 aromatic heterocycles. The standard InChI is InChI=1S/C33H54N6O8.CH4/c1-9-12-24(35-33(45)29(21(8)10-2)38-30(42)22-13-15-23(16-14-22)39(46)47)31(43)36-25(17-19(4)5)26(40)18-27(41)37-28(20(6)7)32(44)34-11-3;/h13-16,19-21,24-26,28-29,40H,9-12,17-18H2,1-8H3,(H,34,44)(H,35,45)(H,36,43)(H,37,41)(H,38,42);1H4/t21-,24-,25-,26-,28-,29-;/m0./s1. The van der Waals surface area contributed by atoms with Crippen molar-refractivity contribution in [3.63, 3.8) is 0 Å². The molecule has 0 aliphatic heterocycles. The topological polar surface area (TPSA) is 209 Å². The van der Waals surface area contributed by atoms with Crippen LogP contribution in [-0.4, -0.2) is 76.4 Å². The van der Waals surface area contributed by atoms with E-state index in [-0.39, 0.29) is 55.2 Å². The molecule has 0 saturated carbocycles. The van der Waals surface area contributed by atoms with E-state index in [1.54, 1.807) is 27.7 Å². The largest absolute Gasteiger partial charge is 0.390 e. The number of benzene rings is 1. The number of rotatable bonds is 20. The van der Waals surface area contributed by atoms with E-state index < -0.39 is 58.8 Å². The lowest BCUT2D eigenvalue weighted by atomic mass is 9.95. The van der Waals surface area contributed by atoms with Gasteiger partial charge in [0.15, 0.2) is 0 Å². The summed E-state index contributed by atoms with van der Waals surface area (Å²) < 4.78 is 0. The van der Waals surface area contributed by atoms with Crippen molar-refractivity contribution in [1.29, 1.82) is 0 Å². The van der Waals surface area contributed by atoms with E-state index in [1.807, 2.05) is 27.7 Å². The molecule has 0 bridgehead atoms. The van der Waals surface area contributed by atoms with Crippen LogP contribution in [0.3, 0.4) is 0 Å². The average molecular weight is 679 g/mol. The van der Waals surface area contributed by atoms with Crippen molar-refractivity contribution in [2.45, 2.75) is 125 Å². The number of nitro groups is 1. The lowest BCUT2D eigenvalue weighted by Gasteiger charge is -2.30. The summed E-state index contributed by atoms with van der Waals surface area (Å²) in [5.41, 5.74) is -0.0355. The predicted molar refractivity (Wildman–Crippen MR) is 185 cm³/mol. The summed E-state index contributed by atoms with van der Waals surface area (Å²) in [6, 6.07) is 1.41. The number of hydrogen-bond donors (Lipinski definition) is 6. The minimum absolute atomic E-state index is 0. The Labute approximate surface area is 285 Å². The smallest absolute Gasteiger partial charge is 0.269 e. The molecule has 6 N–H and O–H groups in total. The van der Waals surface area contributed by atoms with Gasteiger partial charge in [0.25, 0.3) is 11.6 Å². The fourth-order valence-corrected chi connectivity index (χ4v) is 4.97. The van der Waals surface area contributed by atoms with E-state index in [2.05, 4.69) is 26.6 Å². The molecule has 14 heteroatoms. The molecule has 0 saturated heterocycles. The van der Waals surface area contributed by atoms with Gasteiger partial charge in [-0.2, -0.15) is 0 Å². The van der Waals surface area contributed by atoms with E-state index in [0.29, 0.717) is 25.8 Å². The highest BCUT2D eigenvalue weighted by molar-refractivity contribution is 5.98. The lowest BCUT2D eigenvalue weighted by molar-refractivity contribution is -0.384. The molecule has 1 rings (SSSR count). The van der Waals surface area contributed by atoms with Crippen LogP contribution in [0.4, 0.5) is 5.69 Å². The summed E-state index contributed by atoms with van der Waals surface area (Å²) in [5, 5.41) is 35.7. The van der Waals surface area contributed by atoms with Gasteiger partial charge >= 0.3 is 0 Å². The first-order valence-electron chi connectivity index (χ1n) is 16.5. The number of nitrogens with zero attached hydrogens (tertiary/aromatic N) is 1. The second-order valence-corrected chi connectivity index (χ2v) is 12.7. The fraction of sp³-hybridized carbons (Fsp3) is 0.676. The van der Waals surface area contributed by atoms with Crippen LogP contribution in [0.5, 0.6) is 0 Å². The third-order valence-corrected chi connectivity index (χ3v) is 7.86. The Morgan fingerprint density at radius 1 is 0.833 bits per heavy atom. The maximum absolute atomic E-state index is 13.5. The van der Waals surface area contributed by atoms with E-state index in [4.69, 9.17) is 0 Å². The van der Waals surface area contributed by atoms with Crippen molar-refractivity contribution in [2.75, 3.05) is 6.54 Å². The summed E-state index contributed by atoms with van der Waals surface area (Å²) in [4.78, 5) is 75.7. The molecule has 6 atom stereocenters. The Bertz CT molecular complexity index is 1210. The lowest BCUT2D eigenvalue weighted by Crippen LogP contribution is -2.58. The van der Waals surface area contributed by atoms with E-state index >= 15 is 0 Å². The van der Waals surface area contributed by atoms with Gasteiger partial charge in [0, 0.05) is 24.2 Å². The molecule has 0 aliphatic carbocycles. The van der Waals surface area contributed by atoms with Gasteiger partial charge in [0.1, 0.15) is 18.1 Å². The number of carbonyl (C=O) groups is 5. The normalized spacial score (nSPS) is 14.7. The molecule has 0 aliphatic rings. The monoisotopic (exact) mass is 678 g/mol. The number of nitrogens with one attached hydrogen (secondary N) is 5. The second-order valence-electron chi connectivity index (χ2n) is 12.7. The first-order valence-corrected chi connectivity index (χ1v) is 16.5. The minimum Gasteiger partial charge on any atom is -0.390 e. The maximum atomic E-state index is 13.5. The van der Waals surface area contributed by atoms with Crippen molar-refractivity contribution in [1.82, 2.24) is 26.6 Å². The quantitative estimate of drug-likeness (QED) is 0.0889. The Morgan fingerprint density at radius 2 is 1.44 bits per heavy atom. The molecule has 48 heavy (non-hydrogen) atoms. The Kier molecular flexibility index (Phi) is 19.9. The van der Waals surface area contributed by atoms with Crippen molar-refractivity contribution in [3.05, 3.63) is 39.9 Å². The van der Waals surface area contributed by atoms with Crippen LogP contribution < -0.4 is 26.6 Å². The number of carbonyl (C=O) groups excluding carboxylic acids is 5. The van der Waals surface area contributed by atoms with Gasteiger partial charge in [0.2, 0.25) is 23.6 Å². The van der Waals surface area contributed by atoms with Crippen molar-refractivity contribution >= 4 is 35.2 Å². The number of hydrogen-bond acceptors (Lipinski definition) is 8. The van der Waals surface area contributed by atoms with Crippen LogP contribution in [0.1, 0.15) is 105 Å². The zero-order chi connectivity index (χ0) is 35.8.